The standard InChI is InChI=1S/C12H14FN5O2/c13-9-4-2-1-3-8(9)5-6-12(15)16-7-10(18(19)20)11(14)17-12/h1-4,7,16H,5-6,15H2,(H2,14,17). The SMILES string of the molecule is NC1=NC(N)(CCc2ccccc2F)NC=C1[N+](=O)[O-]. The first-order chi connectivity index (χ1) is 9.41. The first kappa shape index (κ1) is 13.9. The normalized spacial score (nSPS) is 21.7. The Hall–Kier alpha value is -2.48. The van der Waals surface area contributed by atoms with E-state index in [2.05, 4.69) is 10.3 Å². The highest BCUT2D eigenvalue weighted by Gasteiger charge is 2.31. The Bertz CT molecular complexity index is 601. The van der Waals surface area contributed by atoms with Crippen LogP contribution >= 0.6 is 0 Å². The molecule has 0 spiro atoms. The molecule has 0 aromatic heterocycles. The lowest BCUT2D eigenvalue weighted by molar-refractivity contribution is -0.416. The maximum atomic E-state index is 13.5. The number of nitro groups is 1. The Morgan fingerprint density at radius 3 is 2.75 bits per heavy atom. The Morgan fingerprint density at radius 1 is 1.45 bits per heavy atom. The van der Waals surface area contributed by atoms with E-state index in [9.17, 15) is 14.5 Å². The highest BCUT2D eigenvalue weighted by Crippen LogP contribution is 2.17. The summed E-state index contributed by atoms with van der Waals surface area (Å²) < 4.78 is 13.5. The van der Waals surface area contributed by atoms with E-state index >= 15 is 0 Å². The summed E-state index contributed by atoms with van der Waals surface area (Å²) in [7, 11) is 0. The maximum absolute atomic E-state index is 13.5. The molecular formula is C12H14FN5O2. The lowest BCUT2D eigenvalue weighted by Gasteiger charge is -2.28. The molecule has 0 fully saturated rings. The Kier molecular flexibility index (Phi) is 3.66. The van der Waals surface area contributed by atoms with Gasteiger partial charge in [0.15, 0.2) is 5.79 Å². The summed E-state index contributed by atoms with van der Waals surface area (Å²) in [6, 6.07) is 6.32. The molecule has 2 rings (SSSR count). The lowest BCUT2D eigenvalue weighted by Crippen LogP contribution is -2.54. The molecule has 0 saturated heterocycles. The van der Waals surface area contributed by atoms with Crippen LogP contribution in [0.4, 0.5) is 4.39 Å². The van der Waals surface area contributed by atoms with Crippen LogP contribution in [-0.4, -0.2) is 16.5 Å². The summed E-state index contributed by atoms with van der Waals surface area (Å²) >= 11 is 0. The number of hydrogen-bond donors (Lipinski definition) is 3. The predicted octanol–water partition coefficient (Wildman–Crippen LogP) is 0.449. The molecule has 7 nitrogen and oxygen atoms in total. The van der Waals surface area contributed by atoms with Gasteiger partial charge >= 0.3 is 5.70 Å². The van der Waals surface area contributed by atoms with Gasteiger partial charge in [-0.15, -0.1) is 0 Å². The Labute approximate surface area is 114 Å². The monoisotopic (exact) mass is 279 g/mol. The van der Waals surface area contributed by atoms with Gasteiger partial charge in [0.05, 0.1) is 11.1 Å². The van der Waals surface area contributed by atoms with E-state index < -0.39 is 10.7 Å². The van der Waals surface area contributed by atoms with Crippen LogP contribution in [0.5, 0.6) is 0 Å². The van der Waals surface area contributed by atoms with E-state index in [0.717, 1.165) is 6.20 Å². The molecule has 5 N–H and O–H groups in total. The van der Waals surface area contributed by atoms with Gasteiger partial charge in [-0.05, 0) is 18.1 Å². The quantitative estimate of drug-likeness (QED) is 0.546. The van der Waals surface area contributed by atoms with Crippen LogP contribution in [0.1, 0.15) is 12.0 Å². The molecule has 1 aliphatic rings. The van der Waals surface area contributed by atoms with E-state index in [-0.39, 0.29) is 23.8 Å². The van der Waals surface area contributed by atoms with Crippen molar-refractivity contribution in [2.24, 2.45) is 16.5 Å². The number of benzene rings is 1. The first-order valence-electron chi connectivity index (χ1n) is 5.91. The Morgan fingerprint density at radius 2 is 2.15 bits per heavy atom. The zero-order valence-corrected chi connectivity index (χ0v) is 10.5. The van der Waals surface area contributed by atoms with Gasteiger partial charge < -0.3 is 11.1 Å². The van der Waals surface area contributed by atoms with Crippen LogP contribution in [-0.2, 0) is 6.42 Å². The van der Waals surface area contributed by atoms with E-state index in [1.807, 2.05) is 0 Å². The van der Waals surface area contributed by atoms with E-state index in [1.54, 1.807) is 18.2 Å². The number of nitrogens with two attached hydrogens (primary N) is 2. The third kappa shape index (κ3) is 2.91. The van der Waals surface area contributed by atoms with Gasteiger partial charge in [-0.25, -0.2) is 9.38 Å². The van der Waals surface area contributed by atoms with Crippen LogP contribution < -0.4 is 16.8 Å². The van der Waals surface area contributed by atoms with Gasteiger partial charge in [-0.2, -0.15) is 0 Å². The van der Waals surface area contributed by atoms with Gasteiger partial charge in [-0.3, -0.25) is 15.8 Å². The van der Waals surface area contributed by atoms with Gasteiger partial charge in [0.1, 0.15) is 5.82 Å². The van der Waals surface area contributed by atoms with E-state index in [0.29, 0.717) is 12.0 Å². The number of aliphatic imine (C=N–C) groups is 1. The number of rotatable bonds is 4. The van der Waals surface area contributed by atoms with Gasteiger partial charge in [0.25, 0.3) is 0 Å². The molecule has 8 heteroatoms. The summed E-state index contributed by atoms with van der Waals surface area (Å²) in [6.45, 7) is 0. The van der Waals surface area contributed by atoms with Crippen molar-refractivity contribution in [2.45, 2.75) is 18.6 Å². The lowest BCUT2D eigenvalue weighted by atomic mass is 10.1. The summed E-state index contributed by atoms with van der Waals surface area (Å²) in [5.74, 6) is -1.85. The topological polar surface area (TPSA) is 120 Å². The average molecular weight is 279 g/mol. The minimum absolute atomic E-state index is 0.246. The van der Waals surface area contributed by atoms with E-state index in [1.165, 1.54) is 6.07 Å². The van der Waals surface area contributed by atoms with Gasteiger partial charge in [-0.1, -0.05) is 18.2 Å². The number of amidine groups is 1. The maximum Gasteiger partial charge on any atom is 0.326 e. The largest absolute Gasteiger partial charge is 0.378 e. The molecular weight excluding hydrogens is 265 g/mol. The zero-order valence-electron chi connectivity index (χ0n) is 10.5. The van der Waals surface area contributed by atoms with Crippen molar-refractivity contribution in [3.63, 3.8) is 0 Å². The number of aryl methyl sites for hydroxylation is 1. The molecule has 1 heterocycles. The molecule has 106 valence electrons. The van der Waals surface area contributed by atoms with Crippen molar-refractivity contribution in [3.8, 4) is 0 Å². The third-order valence-corrected chi connectivity index (χ3v) is 2.97. The molecule has 1 aromatic rings. The van der Waals surface area contributed by atoms with Crippen LogP contribution in [0.2, 0.25) is 0 Å². The number of halogens is 1. The highest BCUT2D eigenvalue weighted by molar-refractivity contribution is 5.95. The summed E-state index contributed by atoms with van der Waals surface area (Å²) in [5, 5.41) is 13.3. The number of hydrogen-bond acceptors (Lipinski definition) is 6. The molecule has 1 unspecified atom stereocenters. The summed E-state index contributed by atoms with van der Waals surface area (Å²) in [4.78, 5) is 13.9. The van der Waals surface area contributed by atoms with Crippen LogP contribution in [0.15, 0.2) is 41.2 Å². The molecule has 0 bridgehead atoms. The van der Waals surface area contributed by atoms with Crippen molar-refractivity contribution < 1.29 is 9.31 Å². The summed E-state index contributed by atoms with van der Waals surface area (Å²) in [6.07, 6.45) is 1.69. The molecule has 20 heavy (non-hydrogen) atoms. The molecule has 0 aliphatic carbocycles. The molecule has 0 amide bonds. The van der Waals surface area contributed by atoms with Crippen LogP contribution in [0.3, 0.4) is 0 Å². The second kappa shape index (κ2) is 5.25. The summed E-state index contributed by atoms with van der Waals surface area (Å²) in [5.41, 5.74) is 11.6. The third-order valence-electron chi connectivity index (χ3n) is 2.97. The highest BCUT2D eigenvalue weighted by atomic mass is 19.1. The molecule has 1 aliphatic heterocycles. The number of nitrogens with zero attached hydrogens (tertiary/aromatic N) is 2. The molecule has 0 saturated carbocycles. The molecule has 1 aromatic carbocycles. The fourth-order valence-electron chi connectivity index (χ4n) is 1.87. The average Bonchev–Trinajstić information content (AvgIpc) is 2.37. The predicted molar refractivity (Wildman–Crippen MR) is 71.5 cm³/mol. The fourth-order valence-corrected chi connectivity index (χ4v) is 1.87. The first-order valence-corrected chi connectivity index (χ1v) is 5.91. The van der Waals surface area contributed by atoms with Gasteiger partial charge in [0, 0.05) is 6.42 Å². The Balaban J connectivity index is 2.08. The van der Waals surface area contributed by atoms with Crippen molar-refractivity contribution in [1.82, 2.24) is 5.32 Å². The zero-order chi connectivity index (χ0) is 14.8. The van der Waals surface area contributed by atoms with Crippen molar-refractivity contribution in [2.75, 3.05) is 0 Å². The number of nitrogens with one attached hydrogen (secondary N) is 1. The molecule has 0 radical (unpaired) electrons. The minimum Gasteiger partial charge on any atom is -0.378 e. The van der Waals surface area contributed by atoms with Crippen molar-refractivity contribution >= 4 is 5.84 Å². The van der Waals surface area contributed by atoms with E-state index in [4.69, 9.17) is 11.5 Å². The van der Waals surface area contributed by atoms with Crippen LogP contribution in [0, 0.1) is 15.9 Å². The van der Waals surface area contributed by atoms with Crippen LogP contribution in [0.25, 0.3) is 0 Å². The smallest absolute Gasteiger partial charge is 0.326 e. The molecule has 1 atom stereocenters. The van der Waals surface area contributed by atoms with Crippen molar-refractivity contribution in [1.29, 1.82) is 0 Å². The van der Waals surface area contributed by atoms with Crippen molar-refractivity contribution in [3.05, 3.63) is 57.7 Å². The second-order valence-electron chi connectivity index (χ2n) is 4.44. The minimum atomic E-state index is -1.27. The fraction of sp³-hybridized carbons (Fsp3) is 0.250. The van der Waals surface area contributed by atoms with Gasteiger partial charge in [0.2, 0.25) is 5.84 Å². The second-order valence-corrected chi connectivity index (χ2v) is 4.44.